The normalized spacial score (nSPS) is 12.5. The second kappa shape index (κ2) is 6.49. The summed E-state index contributed by atoms with van der Waals surface area (Å²) < 4.78 is 5.34. The van der Waals surface area contributed by atoms with Crippen molar-refractivity contribution in [3.8, 4) is 11.3 Å². The molecule has 1 heterocycles. The third-order valence-electron chi connectivity index (χ3n) is 4.23. The van der Waals surface area contributed by atoms with E-state index in [0.29, 0.717) is 0 Å². The predicted molar refractivity (Wildman–Crippen MR) is 93.3 cm³/mol. The second-order valence-corrected chi connectivity index (χ2v) is 5.85. The Balaban J connectivity index is 2.10. The Morgan fingerprint density at radius 2 is 1.83 bits per heavy atom. The highest BCUT2D eigenvalue weighted by atomic mass is 16.5. The Bertz CT molecular complexity index is 825. The van der Waals surface area contributed by atoms with Crippen LogP contribution in [0, 0.1) is 6.92 Å². The zero-order valence-corrected chi connectivity index (χ0v) is 13.7. The molecule has 23 heavy (non-hydrogen) atoms. The van der Waals surface area contributed by atoms with Gasteiger partial charge in [0.2, 0.25) is 0 Å². The molecule has 118 valence electrons. The Morgan fingerprint density at radius 1 is 1.09 bits per heavy atom. The number of aliphatic hydroxyl groups excluding tert-OH is 1. The van der Waals surface area contributed by atoms with E-state index in [1.54, 1.807) is 7.11 Å². The van der Waals surface area contributed by atoms with Crippen molar-refractivity contribution >= 4 is 10.9 Å². The molecule has 0 aliphatic rings. The number of benzene rings is 2. The van der Waals surface area contributed by atoms with Gasteiger partial charge in [-0.05, 0) is 37.1 Å². The van der Waals surface area contributed by atoms with Crippen LogP contribution in [0.3, 0.4) is 0 Å². The molecular formula is C20H21NO2. The molecule has 3 aromatic rings. The summed E-state index contributed by atoms with van der Waals surface area (Å²) in [5.74, 6) is 0. The number of fused-ring (bicyclic) bond motifs is 1. The van der Waals surface area contributed by atoms with Crippen molar-refractivity contribution in [2.24, 2.45) is 0 Å². The van der Waals surface area contributed by atoms with E-state index in [1.807, 2.05) is 43.3 Å². The highest BCUT2D eigenvalue weighted by Crippen LogP contribution is 2.28. The summed E-state index contributed by atoms with van der Waals surface area (Å²) in [6, 6.07) is 16.4. The Morgan fingerprint density at radius 3 is 2.48 bits per heavy atom. The molecule has 0 aliphatic heterocycles. The predicted octanol–water partition coefficient (Wildman–Crippen LogP) is 4.41. The summed E-state index contributed by atoms with van der Waals surface area (Å²) in [5.41, 5.74) is 5.93. The summed E-state index contributed by atoms with van der Waals surface area (Å²) in [5, 5.41) is 10.8. The smallest absolute Gasteiger partial charge is 0.0793 e. The van der Waals surface area contributed by atoms with Crippen LogP contribution in [0.4, 0.5) is 0 Å². The maximum atomic E-state index is 9.71. The average molecular weight is 307 g/mol. The summed E-state index contributed by atoms with van der Waals surface area (Å²) >= 11 is 0. The van der Waals surface area contributed by atoms with Crippen LogP contribution in [0.25, 0.3) is 22.2 Å². The Hall–Kier alpha value is -2.23. The van der Waals surface area contributed by atoms with Crippen LogP contribution >= 0.6 is 0 Å². The summed E-state index contributed by atoms with van der Waals surface area (Å²) in [6.45, 7) is 4.05. The van der Waals surface area contributed by atoms with Gasteiger partial charge >= 0.3 is 0 Å². The average Bonchev–Trinajstić information content (AvgIpc) is 2.60. The van der Waals surface area contributed by atoms with Gasteiger partial charge < -0.3 is 9.84 Å². The lowest BCUT2D eigenvalue weighted by atomic mass is 10.0. The molecule has 1 aromatic heterocycles. The number of rotatable bonds is 4. The van der Waals surface area contributed by atoms with Crippen molar-refractivity contribution in [1.29, 1.82) is 0 Å². The number of aryl methyl sites for hydroxylation is 1. The van der Waals surface area contributed by atoms with Crippen molar-refractivity contribution < 1.29 is 9.84 Å². The van der Waals surface area contributed by atoms with E-state index in [9.17, 15) is 5.11 Å². The van der Waals surface area contributed by atoms with Gasteiger partial charge in [0, 0.05) is 23.6 Å². The fraction of sp³-hybridized carbons (Fsp3) is 0.250. The molecule has 0 saturated heterocycles. The number of nitrogens with zero attached hydrogens (tertiary/aromatic N) is 1. The molecule has 0 spiro atoms. The van der Waals surface area contributed by atoms with Crippen LogP contribution in [0.2, 0.25) is 0 Å². The fourth-order valence-corrected chi connectivity index (χ4v) is 2.74. The van der Waals surface area contributed by atoms with Gasteiger partial charge in [-0.15, -0.1) is 0 Å². The number of aliphatic hydroxyl groups is 1. The maximum absolute atomic E-state index is 9.71. The number of hydrogen-bond acceptors (Lipinski definition) is 3. The lowest BCUT2D eigenvalue weighted by Gasteiger charge is -2.12. The van der Waals surface area contributed by atoms with Crippen LogP contribution in [0.15, 0.2) is 48.5 Å². The van der Waals surface area contributed by atoms with Gasteiger partial charge in [-0.25, -0.2) is 4.98 Å². The SMILES string of the molecule is CO[C@H](C)c1ccc(-c2nc3cc(C)ccc3cc2CO)cc1. The number of pyridine rings is 1. The van der Waals surface area contributed by atoms with Gasteiger partial charge in [0.05, 0.1) is 23.9 Å². The molecule has 0 saturated carbocycles. The van der Waals surface area contributed by atoms with Gasteiger partial charge in [0.15, 0.2) is 0 Å². The van der Waals surface area contributed by atoms with Crippen molar-refractivity contribution in [2.75, 3.05) is 7.11 Å². The molecule has 0 amide bonds. The van der Waals surface area contributed by atoms with Crippen molar-refractivity contribution in [3.05, 3.63) is 65.2 Å². The van der Waals surface area contributed by atoms with E-state index < -0.39 is 0 Å². The van der Waals surface area contributed by atoms with E-state index >= 15 is 0 Å². The molecular weight excluding hydrogens is 286 g/mol. The summed E-state index contributed by atoms with van der Waals surface area (Å²) in [7, 11) is 1.70. The first-order valence-electron chi connectivity index (χ1n) is 7.76. The third kappa shape index (κ3) is 3.11. The molecule has 0 radical (unpaired) electrons. The van der Waals surface area contributed by atoms with Gasteiger partial charge in [-0.3, -0.25) is 0 Å². The van der Waals surface area contributed by atoms with E-state index in [4.69, 9.17) is 9.72 Å². The largest absolute Gasteiger partial charge is 0.392 e. The molecule has 3 heteroatoms. The molecule has 0 fully saturated rings. The van der Waals surface area contributed by atoms with Crippen LogP contribution in [-0.2, 0) is 11.3 Å². The number of aromatic nitrogens is 1. The zero-order valence-electron chi connectivity index (χ0n) is 13.7. The van der Waals surface area contributed by atoms with Gasteiger partial charge in [0.1, 0.15) is 0 Å². The number of methoxy groups -OCH3 is 1. The minimum atomic E-state index is -0.0254. The Labute approximate surface area is 136 Å². The van der Waals surface area contributed by atoms with Crippen molar-refractivity contribution in [1.82, 2.24) is 4.98 Å². The van der Waals surface area contributed by atoms with Gasteiger partial charge in [-0.1, -0.05) is 36.4 Å². The standard InChI is InChI=1S/C20H21NO2/c1-13-4-5-17-11-18(12-22)20(21-19(17)10-13)16-8-6-15(7-9-16)14(2)23-3/h4-11,14,22H,12H2,1-3H3/t14-/m1/s1. The van der Waals surface area contributed by atoms with Crippen LogP contribution in [-0.4, -0.2) is 17.2 Å². The molecule has 3 nitrogen and oxygen atoms in total. The van der Waals surface area contributed by atoms with E-state index in [0.717, 1.165) is 33.3 Å². The first-order chi connectivity index (χ1) is 11.1. The van der Waals surface area contributed by atoms with Gasteiger partial charge in [0.25, 0.3) is 0 Å². The quantitative estimate of drug-likeness (QED) is 0.776. The highest BCUT2D eigenvalue weighted by Gasteiger charge is 2.10. The maximum Gasteiger partial charge on any atom is 0.0793 e. The first kappa shape index (κ1) is 15.7. The second-order valence-electron chi connectivity index (χ2n) is 5.85. The molecule has 0 unspecified atom stereocenters. The van der Waals surface area contributed by atoms with Crippen molar-refractivity contribution in [2.45, 2.75) is 26.6 Å². The minimum absolute atomic E-state index is 0.0254. The molecule has 3 rings (SSSR count). The highest BCUT2D eigenvalue weighted by molar-refractivity contribution is 5.84. The summed E-state index contributed by atoms with van der Waals surface area (Å²) in [6.07, 6.45) is 0.0635. The molecule has 2 aromatic carbocycles. The van der Waals surface area contributed by atoms with Crippen LogP contribution in [0.1, 0.15) is 29.7 Å². The monoisotopic (exact) mass is 307 g/mol. The van der Waals surface area contributed by atoms with Crippen LogP contribution < -0.4 is 0 Å². The van der Waals surface area contributed by atoms with E-state index in [2.05, 4.69) is 19.1 Å². The third-order valence-corrected chi connectivity index (χ3v) is 4.23. The summed E-state index contributed by atoms with van der Waals surface area (Å²) in [4.78, 5) is 4.78. The first-order valence-corrected chi connectivity index (χ1v) is 7.76. The number of ether oxygens (including phenoxy) is 1. The molecule has 1 N–H and O–H groups in total. The van der Waals surface area contributed by atoms with Gasteiger partial charge in [-0.2, -0.15) is 0 Å². The lowest BCUT2D eigenvalue weighted by molar-refractivity contribution is 0.119. The van der Waals surface area contributed by atoms with E-state index in [1.165, 1.54) is 5.56 Å². The molecule has 1 atom stereocenters. The minimum Gasteiger partial charge on any atom is -0.392 e. The zero-order chi connectivity index (χ0) is 16.4. The van der Waals surface area contributed by atoms with E-state index in [-0.39, 0.29) is 12.7 Å². The number of hydrogen-bond donors (Lipinski definition) is 1. The topological polar surface area (TPSA) is 42.4 Å². The van der Waals surface area contributed by atoms with Crippen molar-refractivity contribution in [3.63, 3.8) is 0 Å². The lowest BCUT2D eigenvalue weighted by Crippen LogP contribution is -1.97. The Kier molecular flexibility index (Phi) is 4.42. The molecule has 0 aliphatic carbocycles. The fourth-order valence-electron chi connectivity index (χ4n) is 2.74. The molecule has 0 bridgehead atoms. The van der Waals surface area contributed by atoms with Crippen LogP contribution in [0.5, 0.6) is 0 Å².